The Labute approximate surface area is 186 Å². The molecule has 32 heavy (non-hydrogen) atoms. The lowest BCUT2D eigenvalue weighted by Gasteiger charge is -2.28. The molecule has 2 aromatic carbocycles. The zero-order valence-electron chi connectivity index (χ0n) is 17.0. The molecule has 11 heteroatoms. The van der Waals surface area contributed by atoms with Crippen molar-refractivity contribution in [3.05, 3.63) is 59.7 Å². The second-order valence-electron chi connectivity index (χ2n) is 7.61. The monoisotopic (exact) mass is 487 g/mol. The molecule has 0 amide bonds. The van der Waals surface area contributed by atoms with Gasteiger partial charge in [0, 0.05) is 22.2 Å². The quantitative estimate of drug-likeness (QED) is 0.491. The second-order valence-corrected chi connectivity index (χ2v) is 10.5. The fourth-order valence-corrected chi connectivity index (χ4v) is 6.33. The third kappa shape index (κ3) is 4.89. The van der Waals surface area contributed by atoms with Crippen LogP contribution in [0.4, 0.5) is 18.2 Å². The molecule has 1 heterocycles. The summed E-state index contributed by atoms with van der Waals surface area (Å²) in [7, 11) is -4.51. The van der Waals surface area contributed by atoms with Crippen LogP contribution in [0.25, 0.3) is 10.1 Å². The average Bonchev–Trinajstić information content (AvgIpc) is 3.06. The topological polar surface area (TPSA) is 94.9 Å². The number of anilines is 1. The molecule has 0 saturated heterocycles. The molecule has 0 unspecified atom stereocenters. The molecule has 0 saturated carbocycles. The number of hydrogen-bond donors (Lipinski definition) is 2. The number of carboxylic acids is 1. The van der Waals surface area contributed by atoms with Crippen molar-refractivity contribution in [3.8, 4) is 0 Å². The molecule has 0 radical (unpaired) electrons. The summed E-state index contributed by atoms with van der Waals surface area (Å²) in [5, 5.41) is 20.3. The van der Waals surface area contributed by atoms with E-state index in [1.807, 2.05) is 0 Å². The molecule has 0 atom stereocenters. The van der Waals surface area contributed by atoms with Crippen molar-refractivity contribution in [1.82, 2.24) is 0 Å². The van der Waals surface area contributed by atoms with E-state index in [0.717, 1.165) is 35.6 Å². The van der Waals surface area contributed by atoms with Gasteiger partial charge in [-0.05, 0) is 44.2 Å². The van der Waals surface area contributed by atoms with Gasteiger partial charge in [0.1, 0.15) is 5.00 Å². The number of aliphatic hydroxyl groups is 1. The van der Waals surface area contributed by atoms with Crippen LogP contribution < -0.4 is 4.31 Å². The minimum atomic E-state index is -4.62. The maximum absolute atomic E-state index is 13.4. The number of rotatable bonds is 7. The highest BCUT2D eigenvalue weighted by molar-refractivity contribution is 7.93. The molecule has 0 spiro atoms. The number of thiophene rings is 1. The fraction of sp³-hybridized carbons (Fsp3) is 0.286. The van der Waals surface area contributed by atoms with E-state index in [4.69, 9.17) is 5.11 Å². The zero-order valence-corrected chi connectivity index (χ0v) is 18.7. The minimum Gasteiger partial charge on any atom is -0.478 e. The summed E-state index contributed by atoms with van der Waals surface area (Å²) in [4.78, 5) is 10.7. The normalized spacial score (nSPS) is 12.8. The van der Waals surface area contributed by atoms with Crippen LogP contribution in [0.2, 0.25) is 0 Å². The molecule has 0 fully saturated rings. The number of nitrogens with zero attached hydrogens (tertiary/aromatic N) is 1. The van der Waals surface area contributed by atoms with Crippen molar-refractivity contribution in [3.63, 3.8) is 0 Å². The molecule has 0 bridgehead atoms. The Bertz CT molecular complexity index is 1240. The molecule has 0 aliphatic carbocycles. The van der Waals surface area contributed by atoms with E-state index in [0.29, 0.717) is 14.4 Å². The molecule has 172 valence electrons. The summed E-state index contributed by atoms with van der Waals surface area (Å²) in [6, 6.07) is 11.0. The van der Waals surface area contributed by atoms with E-state index < -0.39 is 40.7 Å². The molecular weight excluding hydrogens is 467 g/mol. The summed E-state index contributed by atoms with van der Waals surface area (Å²) >= 11 is 0.964. The van der Waals surface area contributed by atoms with E-state index in [1.54, 1.807) is 24.3 Å². The largest absolute Gasteiger partial charge is 0.478 e. The number of hydrogen-bond acceptors (Lipinski definition) is 5. The van der Waals surface area contributed by atoms with Crippen LogP contribution in [0.15, 0.2) is 53.4 Å². The van der Waals surface area contributed by atoms with E-state index in [1.165, 1.54) is 13.8 Å². The molecule has 6 nitrogen and oxygen atoms in total. The first kappa shape index (κ1) is 24.0. The number of sulfonamides is 1. The SMILES string of the molecule is CC(C)(O)c1c(N(CCC(F)(F)F)S(=O)(=O)c2ccc(C(=O)O)cc2)sc2ccccc12. The van der Waals surface area contributed by atoms with Crippen molar-refractivity contribution in [1.29, 1.82) is 0 Å². The van der Waals surface area contributed by atoms with E-state index in [-0.39, 0.29) is 21.0 Å². The third-order valence-electron chi connectivity index (χ3n) is 4.70. The Hall–Kier alpha value is -2.63. The second kappa shape index (κ2) is 8.38. The standard InChI is InChI=1S/C21H20F3NO5S2/c1-20(2,28)17-15-5-3-4-6-16(15)31-18(17)25(12-11-21(22,23)24)32(29,30)14-9-7-13(8-10-14)19(26)27/h3-10,28H,11-12H2,1-2H3,(H,26,27). The smallest absolute Gasteiger partial charge is 0.390 e. The van der Waals surface area contributed by atoms with Gasteiger partial charge in [-0.15, -0.1) is 11.3 Å². The molecule has 0 aliphatic heterocycles. The summed E-state index contributed by atoms with van der Waals surface area (Å²) in [6.07, 6.45) is -6.02. The van der Waals surface area contributed by atoms with Gasteiger partial charge in [0.05, 0.1) is 22.5 Å². The predicted octanol–water partition coefficient (Wildman–Crippen LogP) is 4.97. The number of carboxylic acid groups (broad SMARTS) is 1. The Morgan fingerprint density at radius 1 is 1.06 bits per heavy atom. The summed E-state index contributed by atoms with van der Waals surface area (Å²) in [5.74, 6) is -1.27. The van der Waals surface area contributed by atoms with Crippen LogP contribution in [0.5, 0.6) is 0 Å². The van der Waals surface area contributed by atoms with Crippen molar-refractivity contribution in [2.24, 2.45) is 0 Å². The average molecular weight is 488 g/mol. The highest BCUT2D eigenvalue weighted by Gasteiger charge is 2.37. The maximum Gasteiger partial charge on any atom is 0.390 e. The highest BCUT2D eigenvalue weighted by Crippen LogP contribution is 2.45. The van der Waals surface area contributed by atoms with Gasteiger partial charge >= 0.3 is 12.1 Å². The van der Waals surface area contributed by atoms with Crippen LogP contribution in [-0.2, 0) is 15.6 Å². The number of halogens is 3. The van der Waals surface area contributed by atoms with Gasteiger partial charge in [0.15, 0.2) is 0 Å². The molecular formula is C21H20F3NO5S2. The third-order valence-corrected chi connectivity index (χ3v) is 7.83. The van der Waals surface area contributed by atoms with Gasteiger partial charge in [-0.3, -0.25) is 4.31 Å². The fourth-order valence-electron chi connectivity index (χ4n) is 3.26. The first-order valence-electron chi connectivity index (χ1n) is 9.39. The van der Waals surface area contributed by atoms with Crippen molar-refractivity contribution < 1.29 is 36.6 Å². The highest BCUT2D eigenvalue weighted by atomic mass is 32.2. The Morgan fingerprint density at radius 3 is 2.19 bits per heavy atom. The molecule has 1 aromatic heterocycles. The number of benzene rings is 2. The van der Waals surface area contributed by atoms with Gasteiger partial charge in [0.2, 0.25) is 0 Å². The van der Waals surface area contributed by atoms with Crippen LogP contribution in [-0.4, -0.2) is 37.3 Å². The Balaban J connectivity index is 2.22. The van der Waals surface area contributed by atoms with E-state index >= 15 is 0 Å². The lowest BCUT2D eigenvalue weighted by Crippen LogP contribution is -2.35. The first-order chi connectivity index (χ1) is 14.7. The maximum atomic E-state index is 13.4. The lowest BCUT2D eigenvalue weighted by molar-refractivity contribution is -0.131. The van der Waals surface area contributed by atoms with Gasteiger partial charge in [-0.1, -0.05) is 18.2 Å². The van der Waals surface area contributed by atoms with Gasteiger partial charge < -0.3 is 10.2 Å². The number of carbonyl (C=O) groups is 1. The van der Waals surface area contributed by atoms with Crippen LogP contribution >= 0.6 is 11.3 Å². The first-order valence-corrected chi connectivity index (χ1v) is 11.6. The summed E-state index contributed by atoms with van der Waals surface area (Å²) < 4.78 is 67.3. The Morgan fingerprint density at radius 2 is 1.66 bits per heavy atom. The van der Waals surface area contributed by atoms with Crippen molar-refractivity contribution >= 4 is 42.4 Å². The van der Waals surface area contributed by atoms with Crippen LogP contribution in [0.1, 0.15) is 36.2 Å². The molecule has 3 rings (SSSR count). The minimum absolute atomic E-state index is 0.0229. The predicted molar refractivity (Wildman–Crippen MR) is 116 cm³/mol. The van der Waals surface area contributed by atoms with Gasteiger partial charge in [-0.2, -0.15) is 13.2 Å². The zero-order chi connectivity index (χ0) is 23.9. The number of fused-ring (bicyclic) bond motifs is 1. The molecule has 2 N–H and O–H groups in total. The van der Waals surface area contributed by atoms with Gasteiger partial charge in [-0.25, -0.2) is 13.2 Å². The van der Waals surface area contributed by atoms with E-state index in [2.05, 4.69) is 0 Å². The summed E-state index contributed by atoms with van der Waals surface area (Å²) in [6.45, 7) is 1.96. The lowest BCUT2D eigenvalue weighted by atomic mass is 9.97. The summed E-state index contributed by atoms with van der Waals surface area (Å²) in [5.41, 5.74) is -1.51. The molecule has 0 aliphatic rings. The molecule has 3 aromatic rings. The van der Waals surface area contributed by atoms with Crippen molar-refractivity contribution in [2.75, 3.05) is 10.8 Å². The number of alkyl halides is 3. The van der Waals surface area contributed by atoms with Crippen LogP contribution in [0, 0.1) is 0 Å². The van der Waals surface area contributed by atoms with Crippen molar-refractivity contribution in [2.45, 2.75) is 36.9 Å². The Kier molecular flexibility index (Phi) is 6.29. The van der Waals surface area contributed by atoms with Gasteiger partial charge in [0.25, 0.3) is 10.0 Å². The van der Waals surface area contributed by atoms with E-state index in [9.17, 15) is 31.5 Å². The number of aromatic carboxylic acids is 1. The van der Waals surface area contributed by atoms with Crippen LogP contribution in [0.3, 0.4) is 0 Å².